The van der Waals surface area contributed by atoms with Gasteiger partial charge in [-0.3, -0.25) is 0 Å². The molecule has 0 aromatic heterocycles. The number of benzene rings is 8. The highest BCUT2D eigenvalue weighted by Crippen LogP contribution is 2.53. The van der Waals surface area contributed by atoms with E-state index in [1.165, 1.54) is 33.4 Å². The van der Waals surface area contributed by atoms with Crippen LogP contribution < -0.4 is 4.90 Å². The fourth-order valence-electron chi connectivity index (χ4n) is 8.95. The van der Waals surface area contributed by atoms with Crippen LogP contribution in [0, 0.1) is 0 Å². The molecular weight excluding hydrogens is 639 g/mol. The first-order valence-corrected chi connectivity index (χ1v) is 18.4. The molecule has 254 valence electrons. The summed E-state index contributed by atoms with van der Waals surface area (Å²) >= 11 is 0. The minimum Gasteiger partial charge on any atom is -0.310 e. The zero-order chi connectivity index (χ0) is 39.4. The molecule has 0 bridgehead atoms. The van der Waals surface area contributed by atoms with E-state index in [4.69, 9.17) is 0 Å². The minimum absolute atomic E-state index is 0.0751. The lowest BCUT2D eigenvalue weighted by Gasteiger charge is -2.30. The van der Waals surface area contributed by atoms with E-state index in [1.807, 2.05) is 47.4 Å². The highest BCUT2D eigenvalue weighted by atomic mass is 15.1. The molecule has 0 fully saturated rings. The van der Waals surface area contributed by atoms with Crippen molar-refractivity contribution in [2.45, 2.75) is 38.5 Å². The quantitative estimate of drug-likeness (QED) is 0.175. The largest absolute Gasteiger partial charge is 0.310 e. The maximum absolute atomic E-state index is 9.72. The third-order valence-corrected chi connectivity index (χ3v) is 11.7. The van der Waals surface area contributed by atoms with Gasteiger partial charge in [-0.25, -0.2) is 0 Å². The first kappa shape index (κ1) is 27.5. The number of rotatable bonds is 5. The molecular formula is C52H41N. The van der Waals surface area contributed by atoms with Crippen LogP contribution >= 0.6 is 0 Å². The number of nitrogens with zero attached hydrogens (tertiary/aromatic N) is 1. The van der Waals surface area contributed by atoms with Gasteiger partial charge in [0, 0.05) is 27.9 Å². The standard InChI is InChI=1S/C52H41N/c1-51(2)47-21-9-7-18-43(47)45-29-27-39(32-49(45)51)53(40-28-30-46-44-19-8-10-22-48(44)52(3,4)50(46)33-40)38-25-23-34(24-26-38)36-15-11-16-37(31-36)42-20-12-14-35-13-5-6-17-41(35)42/h5-33H,1-4H3/i23D,24D,25D,26D. The van der Waals surface area contributed by atoms with Gasteiger partial charge in [-0.15, -0.1) is 0 Å². The molecule has 2 aliphatic carbocycles. The number of fused-ring (bicyclic) bond motifs is 7. The van der Waals surface area contributed by atoms with Crippen LogP contribution in [0.5, 0.6) is 0 Å². The summed E-state index contributed by atoms with van der Waals surface area (Å²) in [5.74, 6) is 0. The molecule has 0 N–H and O–H groups in total. The van der Waals surface area contributed by atoms with Crippen LogP contribution in [0.3, 0.4) is 0 Å². The van der Waals surface area contributed by atoms with Gasteiger partial charge in [0.15, 0.2) is 0 Å². The average molecular weight is 684 g/mol. The third-order valence-electron chi connectivity index (χ3n) is 11.7. The van der Waals surface area contributed by atoms with Gasteiger partial charge in [0.25, 0.3) is 0 Å². The second kappa shape index (κ2) is 11.7. The van der Waals surface area contributed by atoms with Crippen LogP contribution in [0.4, 0.5) is 17.1 Å². The Morgan fingerprint density at radius 1 is 0.377 bits per heavy atom. The van der Waals surface area contributed by atoms with Crippen LogP contribution in [0.15, 0.2) is 176 Å². The predicted octanol–water partition coefficient (Wildman–Crippen LogP) is 14.3. The molecule has 2 aliphatic rings. The number of anilines is 3. The molecule has 0 amide bonds. The zero-order valence-corrected chi connectivity index (χ0v) is 30.4. The molecule has 8 aromatic carbocycles. The third kappa shape index (κ3) is 4.84. The SMILES string of the molecule is [2H]c1c([2H])c(N(c2ccc3c(c2)C(C)(C)c2ccccc2-3)c2ccc3c(c2)C(C)(C)c2ccccc2-3)c([2H])c([2H])c1-c1cccc(-c2cccc3ccccc23)c1. The van der Waals surface area contributed by atoms with Crippen molar-refractivity contribution in [2.75, 3.05) is 4.90 Å². The second-order valence-corrected chi connectivity index (χ2v) is 15.5. The van der Waals surface area contributed by atoms with Gasteiger partial charge in [0.2, 0.25) is 0 Å². The Kier molecular flexibility index (Phi) is 6.05. The average Bonchev–Trinajstić information content (AvgIpc) is 3.60. The van der Waals surface area contributed by atoms with E-state index in [1.54, 1.807) is 0 Å². The molecule has 0 radical (unpaired) electrons. The van der Waals surface area contributed by atoms with Crippen LogP contribution in [-0.2, 0) is 10.8 Å². The monoisotopic (exact) mass is 683 g/mol. The molecule has 0 spiro atoms. The van der Waals surface area contributed by atoms with Crippen molar-refractivity contribution in [2.24, 2.45) is 0 Å². The smallest absolute Gasteiger partial charge is 0.0645 e. The predicted molar refractivity (Wildman–Crippen MR) is 225 cm³/mol. The molecule has 0 saturated carbocycles. The topological polar surface area (TPSA) is 3.24 Å². The van der Waals surface area contributed by atoms with Gasteiger partial charge in [0.05, 0.1) is 5.48 Å². The van der Waals surface area contributed by atoms with Crippen molar-refractivity contribution in [3.8, 4) is 44.5 Å². The van der Waals surface area contributed by atoms with Gasteiger partial charge in [0.1, 0.15) is 0 Å². The van der Waals surface area contributed by atoms with E-state index in [0.717, 1.165) is 44.4 Å². The lowest BCUT2D eigenvalue weighted by molar-refractivity contribution is 0.660. The molecule has 1 nitrogen and oxygen atoms in total. The summed E-state index contributed by atoms with van der Waals surface area (Å²) < 4.78 is 38.6. The minimum atomic E-state index is -0.275. The summed E-state index contributed by atoms with van der Waals surface area (Å²) in [7, 11) is 0. The van der Waals surface area contributed by atoms with Crippen molar-refractivity contribution in [1.29, 1.82) is 0 Å². The lowest BCUT2D eigenvalue weighted by atomic mass is 9.82. The number of hydrogen-bond acceptors (Lipinski definition) is 1. The molecule has 0 atom stereocenters. The van der Waals surface area contributed by atoms with E-state index in [-0.39, 0.29) is 46.3 Å². The van der Waals surface area contributed by atoms with E-state index < -0.39 is 0 Å². The fraction of sp³-hybridized carbons (Fsp3) is 0.115. The Labute approximate surface area is 318 Å². The van der Waals surface area contributed by atoms with Gasteiger partial charge >= 0.3 is 0 Å². The van der Waals surface area contributed by atoms with Crippen LogP contribution in [0.25, 0.3) is 55.3 Å². The van der Waals surface area contributed by atoms with Gasteiger partial charge in [-0.05, 0) is 120 Å². The molecule has 0 unspecified atom stereocenters. The van der Waals surface area contributed by atoms with E-state index in [0.29, 0.717) is 5.56 Å². The van der Waals surface area contributed by atoms with E-state index >= 15 is 0 Å². The van der Waals surface area contributed by atoms with Crippen LogP contribution in [0.1, 0.15) is 55.4 Å². The van der Waals surface area contributed by atoms with Gasteiger partial charge < -0.3 is 4.90 Å². The Morgan fingerprint density at radius 3 is 1.51 bits per heavy atom. The summed E-state index contributed by atoms with van der Waals surface area (Å²) in [6.07, 6.45) is 0. The first-order valence-electron chi connectivity index (χ1n) is 20.4. The fourth-order valence-corrected chi connectivity index (χ4v) is 8.95. The molecule has 0 heterocycles. The maximum Gasteiger partial charge on any atom is 0.0645 e. The summed E-state index contributed by atoms with van der Waals surface area (Å²) in [5.41, 5.74) is 13.8. The summed E-state index contributed by atoms with van der Waals surface area (Å²) in [6, 6.07) is 51.9. The van der Waals surface area contributed by atoms with Gasteiger partial charge in [-0.2, -0.15) is 0 Å². The molecule has 0 saturated heterocycles. The van der Waals surface area contributed by atoms with Crippen molar-refractivity contribution in [3.05, 3.63) is 198 Å². The zero-order valence-electron chi connectivity index (χ0n) is 34.4. The van der Waals surface area contributed by atoms with E-state index in [2.05, 4.69) is 137 Å². The Hall–Kier alpha value is -6.18. The van der Waals surface area contributed by atoms with E-state index in [9.17, 15) is 5.48 Å². The highest BCUT2D eigenvalue weighted by molar-refractivity contribution is 5.97. The normalized spacial score (nSPS) is 15.4. The maximum atomic E-state index is 9.72. The molecule has 0 aliphatic heterocycles. The molecule has 53 heavy (non-hydrogen) atoms. The summed E-state index contributed by atoms with van der Waals surface area (Å²) in [6.45, 7) is 8.99. The Bertz CT molecular complexity index is 2830. The van der Waals surface area contributed by atoms with Crippen molar-refractivity contribution in [1.82, 2.24) is 0 Å². The Balaban J connectivity index is 1.17. The Morgan fingerprint density at radius 2 is 0.868 bits per heavy atom. The highest BCUT2D eigenvalue weighted by Gasteiger charge is 2.37. The van der Waals surface area contributed by atoms with Crippen molar-refractivity contribution >= 4 is 27.8 Å². The number of hydrogen-bond donors (Lipinski definition) is 0. The molecule has 8 aromatic rings. The molecule has 1 heteroatoms. The first-order chi connectivity index (χ1) is 27.5. The summed E-state index contributed by atoms with van der Waals surface area (Å²) in [5, 5.41) is 2.25. The van der Waals surface area contributed by atoms with Crippen LogP contribution in [0.2, 0.25) is 0 Å². The van der Waals surface area contributed by atoms with Crippen molar-refractivity contribution in [3.63, 3.8) is 0 Å². The van der Waals surface area contributed by atoms with Crippen molar-refractivity contribution < 1.29 is 5.48 Å². The van der Waals surface area contributed by atoms with Gasteiger partial charge in [-0.1, -0.05) is 161 Å². The second-order valence-electron chi connectivity index (χ2n) is 15.5. The summed E-state index contributed by atoms with van der Waals surface area (Å²) in [4.78, 5) is 1.95. The lowest BCUT2D eigenvalue weighted by Crippen LogP contribution is -2.18. The molecule has 10 rings (SSSR count). The van der Waals surface area contributed by atoms with Crippen LogP contribution in [-0.4, -0.2) is 0 Å².